The molecule has 8 heteroatoms. The summed E-state index contributed by atoms with van der Waals surface area (Å²) < 4.78 is 11.3. The largest absolute Gasteiger partial charge is 0.482 e. The monoisotopic (exact) mass is 601 g/mol. The smallest absolute Gasteiger partial charge is 0.267 e. The molecule has 3 aromatic carbocycles. The number of aryl methyl sites for hydroxylation is 1. The first-order valence-electron chi connectivity index (χ1n) is 14.3. The predicted octanol–water partition coefficient (Wildman–Crippen LogP) is 7.94. The third-order valence-corrected chi connectivity index (χ3v) is 7.36. The van der Waals surface area contributed by atoms with Crippen LogP contribution in [-0.4, -0.2) is 29.3 Å². The van der Waals surface area contributed by atoms with Crippen molar-refractivity contribution in [3.63, 3.8) is 0 Å². The number of hydrogen-bond donors (Lipinski definition) is 2. The molecule has 0 unspecified atom stereocenters. The number of aromatic nitrogens is 1. The van der Waals surface area contributed by atoms with Gasteiger partial charge in [-0.15, -0.1) is 6.58 Å². The number of benzene rings is 3. The van der Waals surface area contributed by atoms with Crippen molar-refractivity contribution in [1.29, 1.82) is 0 Å². The van der Waals surface area contributed by atoms with Gasteiger partial charge in [0.1, 0.15) is 5.75 Å². The molecule has 1 aromatic heterocycles. The van der Waals surface area contributed by atoms with E-state index in [0.717, 1.165) is 58.1 Å². The highest BCUT2D eigenvalue weighted by molar-refractivity contribution is 7.98. The summed E-state index contributed by atoms with van der Waals surface area (Å²) in [4.78, 5) is 35.1. The van der Waals surface area contributed by atoms with Crippen LogP contribution in [0.4, 0.5) is 0 Å². The highest BCUT2D eigenvalue weighted by Gasteiger charge is 2.23. The maximum atomic E-state index is 12.9. The molecule has 0 bridgehead atoms. The molecule has 0 spiro atoms. The Hall–Kier alpha value is -4.30. The summed E-state index contributed by atoms with van der Waals surface area (Å²) in [5.74, 6) is 0.328. The lowest BCUT2D eigenvalue weighted by Gasteiger charge is -2.13. The van der Waals surface area contributed by atoms with Crippen molar-refractivity contribution >= 4 is 51.7 Å². The molecular weight excluding hydrogens is 558 g/mol. The molecule has 1 heterocycles. The molecule has 4 aromatic rings. The SMILES string of the molecule is C=CC.CCC/C=C(\C)CCn1c(C)c(C(C)=O)c2c(OCC(=O)NSc3ccccc3)c3ccccc3cc21.NC=O. The second-order valence-corrected chi connectivity index (χ2v) is 10.7. The zero-order valence-corrected chi connectivity index (χ0v) is 26.6. The first-order valence-corrected chi connectivity index (χ1v) is 15.1. The molecule has 3 N–H and O–H groups in total. The molecular formula is C35H43N3O4S. The van der Waals surface area contributed by atoms with Gasteiger partial charge in [0.2, 0.25) is 6.41 Å². The maximum absolute atomic E-state index is 12.9. The highest BCUT2D eigenvalue weighted by atomic mass is 32.2. The zero-order chi connectivity index (χ0) is 31.8. The second-order valence-electron chi connectivity index (χ2n) is 9.85. The third-order valence-electron chi connectivity index (χ3n) is 6.53. The van der Waals surface area contributed by atoms with Gasteiger partial charge < -0.3 is 15.0 Å². The second kappa shape index (κ2) is 18.3. The molecule has 43 heavy (non-hydrogen) atoms. The number of fused-ring (bicyclic) bond motifs is 2. The normalized spacial score (nSPS) is 10.7. The maximum Gasteiger partial charge on any atom is 0.267 e. The van der Waals surface area contributed by atoms with Gasteiger partial charge in [-0.25, -0.2) is 0 Å². The topological polar surface area (TPSA) is 103 Å². The minimum atomic E-state index is -0.243. The summed E-state index contributed by atoms with van der Waals surface area (Å²) in [6.07, 6.45) is 7.40. The number of Topliss-reactive ketones (excluding diaryl/α,β-unsaturated/α-hetero) is 1. The summed E-state index contributed by atoms with van der Waals surface area (Å²) in [6, 6.07) is 19.8. The number of primary amides is 1. The van der Waals surface area contributed by atoms with E-state index in [1.807, 2.05) is 68.4 Å². The average Bonchev–Trinajstić information content (AvgIpc) is 3.28. The first kappa shape index (κ1) is 34.9. The van der Waals surface area contributed by atoms with E-state index in [-0.39, 0.29) is 24.7 Å². The lowest BCUT2D eigenvalue weighted by Crippen LogP contribution is -2.23. The number of nitrogens with zero attached hydrogens (tertiary/aromatic N) is 1. The van der Waals surface area contributed by atoms with Gasteiger partial charge in [-0.3, -0.25) is 19.1 Å². The molecule has 0 saturated carbocycles. The third kappa shape index (κ3) is 9.89. The van der Waals surface area contributed by atoms with Crippen LogP contribution in [0.15, 0.2) is 89.9 Å². The van der Waals surface area contributed by atoms with E-state index in [1.54, 1.807) is 13.0 Å². The molecule has 0 aliphatic heterocycles. The van der Waals surface area contributed by atoms with Gasteiger partial charge in [-0.05, 0) is 76.1 Å². The van der Waals surface area contributed by atoms with Crippen LogP contribution in [0.25, 0.3) is 21.7 Å². The Balaban J connectivity index is 0.000000992. The number of carbonyl (C=O) groups excluding carboxylic acids is 3. The van der Waals surface area contributed by atoms with Gasteiger partial charge in [-0.1, -0.05) is 73.5 Å². The molecule has 0 fully saturated rings. The van der Waals surface area contributed by atoms with Gasteiger partial charge in [0, 0.05) is 28.1 Å². The Morgan fingerprint density at radius 2 is 1.72 bits per heavy atom. The minimum Gasteiger partial charge on any atom is -0.482 e. The number of nitrogens with two attached hydrogens (primary N) is 1. The van der Waals surface area contributed by atoms with E-state index in [9.17, 15) is 9.59 Å². The van der Waals surface area contributed by atoms with Crippen molar-refractivity contribution in [2.45, 2.75) is 65.3 Å². The Morgan fingerprint density at radius 1 is 1.09 bits per heavy atom. The van der Waals surface area contributed by atoms with Crippen molar-refractivity contribution < 1.29 is 19.1 Å². The molecule has 0 radical (unpaired) electrons. The van der Waals surface area contributed by atoms with E-state index < -0.39 is 0 Å². The zero-order valence-electron chi connectivity index (χ0n) is 25.8. The number of hydrogen-bond acceptors (Lipinski definition) is 5. The van der Waals surface area contributed by atoms with Gasteiger partial charge in [0.25, 0.3) is 5.91 Å². The number of carbonyl (C=O) groups is 3. The Morgan fingerprint density at radius 3 is 2.35 bits per heavy atom. The lowest BCUT2D eigenvalue weighted by atomic mass is 10.0. The van der Waals surface area contributed by atoms with E-state index in [2.05, 4.69) is 47.6 Å². The molecule has 4 rings (SSSR count). The van der Waals surface area contributed by atoms with Crippen molar-refractivity contribution in [2.75, 3.05) is 6.61 Å². The molecule has 0 saturated heterocycles. The van der Waals surface area contributed by atoms with Crippen LogP contribution >= 0.6 is 11.9 Å². The fourth-order valence-corrected chi connectivity index (χ4v) is 5.26. The van der Waals surface area contributed by atoms with Crippen molar-refractivity contribution in [3.05, 3.63) is 96.2 Å². The number of amides is 2. The van der Waals surface area contributed by atoms with E-state index in [0.29, 0.717) is 11.3 Å². The van der Waals surface area contributed by atoms with Crippen LogP contribution in [0.1, 0.15) is 63.0 Å². The Kier molecular flexibility index (Phi) is 14.8. The number of ether oxygens (including phenoxy) is 1. The summed E-state index contributed by atoms with van der Waals surface area (Å²) in [7, 11) is 0. The van der Waals surface area contributed by atoms with Crippen molar-refractivity contribution in [1.82, 2.24) is 9.29 Å². The van der Waals surface area contributed by atoms with Crippen LogP contribution in [0.3, 0.4) is 0 Å². The van der Waals surface area contributed by atoms with E-state index in [1.165, 1.54) is 17.5 Å². The summed E-state index contributed by atoms with van der Waals surface area (Å²) in [5.41, 5.74) is 8.05. The van der Waals surface area contributed by atoms with Crippen LogP contribution in [0.5, 0.6) is 5.75 Å². The Bertz CT molecular complexity index is 1550. The molecule has 7 nitrogen and oxygen atoms in total. The van der Waals surface area contributed by atoms with Crippen LogP contribution in [-0.2, 0) is 16.1 Å². The fourth-order valence-electron chi connectivity index (χ4n) is 4.67. The van der Waals surface area contributed by atoms with Crippen molar-refractivity contribution in [2.24, 2.45) is 5.73 Å². The summed E-state index contributed by atoms with van der Waals surface area (Å²) in [5, 5.41) is 2.68. The first-order chi connectivity index (χ1) is 20.7. The van der Waals surface area contributed by atoms with Crippen LogP contribution in [0.2, 0.25) is 0 Å². The average molecular weight is 602 g/mol. The molecule has 0 atom stereocenters. The quantitative estimate of drug-likeness (QED) is 0.0786. The molecule has 0 aliphatic carbocycles. The van der Waals surface area contributed by atoms with Crippen LogP contribution in [0, 0.1) is 6.92 Å². The Labute approximate surface area is 259 Å². The van der Waals surface area contributed by atoms with Gasteiger partial charge in [0.15, 0.2) is 12.4 Å². The highest BCUT2D eigenvalue weighted by Crippen LogP contribution is 2.40. The number of unbranched alkanes of at least 4 members (excludes halogenated alkanes) is 1. The minimum absolute atomic E-state index is 0.0105. The molecule has 0 aliphatic rings. The standard InChI is InChI=1S/C31H34N2O3S.C3H6.CH3NO/c1-5-6-12-21(2)17-18-33-22(3)29(23(4)34)30-27(33)19-24-13-10-11-16-26(24)31(30)36-20-28(35)32-37-25-14-8-7-9-15-25;1-3-2;2-1-3/h7-16,19H,5-6,17-18,20H2,1-4H3,(H,32,35);3H,1H2,2H3;1H,(H2,2,3)/b21-12+;;. The number of nitrogens with one attached hydrogen (secondary N) is 1. The lowest BCUT2D eigenvalue weighted by molar-refractivity contribution is -0.121. The predicted molar refractivity (Wildman–Crippen MR) is 180 cm³/mol. The number of ketones is 1. The number of allylic oxidation sites excluding steroid dienone is 3. The molecule has 228 valence electrons. The summed E-state index contributed by atoms with van der Waals surface area (Å²) in [6.45, 7) is 13.8. The van der Waals surface area contributed by atoms with E-state index >= 15 is 0 Å². The van der Waals surface area contributed by atoms with E-state index in [4.69, 9.17) is 9.53 Å². The number of rotatable bonds is 11. The molecule has 2 amide bonds. The fraction of sp³-hybridized carbons (Fsp3) is 0.286. The van der Waals surface area contributed by atoms with Gasteiger partial charge >= 0.3 is 0 Å². The summed E-state index contributed by atoms with van der Waals surface area (Å²) >= 11 is 1.26. The van der Waals surface area contributed by atoms with Crippen molar-refractivity contribution in [3.8, 4) is 5.75 Å². The van der Waals surface area contributed by atoms with Gasteiger partial charge in [0.05, 0.1) is 10.9 Å². The van der Waals surface area contributed by atoms with Gasteiger partial charge in [-0.2, -0.15) is 0 Å². The van der Waals surface area contributed by atoms with Crippen LogP contribution < -0.4 is 15.2 Å².